The van der Waals surface area contributed by atoms with Crippen molar-refractivity contribution in [2.75, 3.05) is 34.0 Å². The number of ether oxygens (including phenoxy) is 3. The molecule has 0 aliphatic carbocycles. The third-order valence-corrected chi connectivity index (χ3v) is 4.65. The Hall–Kier alpha value is -2.65. The SMILES string of the molecule is COc1ccc([C@H]2[C@H](CO)OCCN2C(=O)CCn2cnnc2)cc1OC. The Bertz CT molecular complexity index is 752. The van der Waals surface area contributed by atoms with Gasteiger partial charge in [0.05, 0.1) is 33.5 Å². The first kappa shape index (κ1) is 19.1. The van der Waals surface area contributed by atoms with Crippen molar-refractivity contribution in [2.45, 2.75) is 25.1 Å². The second-order valence-corrected chi connectivity index (χ2v) is 6.19. The van der Waals surface area contributed by atoms with Crippen LogP contribution in [0.25, 0.3) is 0 Å². The normalized spacial score (nSPS) is 19.7. The van der Waals surface area contributed by atoms with Gasteiger partial charge in [-0.15, -0.1) is 10.2 Å². The predicted octanol–water partition coefficient (Wildman–Crippen LogP) is 0.646. The van der Waals surface area contributed by atoms with Gasteiger partial charge in [-0.1, -0.05) is 6.07 Å². The number of aromatic nitrogens is 3. The van der Waals surface area contributed by atoms with E-state index < -0.39 is 12.1 Å². The summed E-state index contributed by atoms with van der Waals surface area (Å²) in [5.41, 5.74) is 0.823. The molecule has 9 nitrogen and oxygen atoms in total. The van der Waals surface area contributed by atoms with Gasteiger partial charge in [0.2, 0.25) is 5.91 Å². The fourth-order valence-electron chi connectivity index (χ4n) is 3.30. The minimum Gasteiger partial charge on any atom is -0.493 e. The number of aliphatic hydroxyl groups excluding tert-OH is 1. The summed E-state index contributed by atoms with van der Waals surface area (Å²) < 4.78 is 18.1. The van der Waals surface area contributed by atoms with Crippen LogP contribution in [0.15, 0.2) is 30.9 Å². The smallest absolute Gasteiger partial charge is 0.225 e. The number of carbonyl (C=O) groups is 1. The van der Waals surface area contributed by atoms with Crippen LogP contribution in [0.1, 0.15) is 18.0 Å². The molecule has 1 aromatic heterocycles. The first-order valence-electron chi connectivity index (χ1n) is 8.74. The van der Waals surface area contributed by atoms with Crippen LogP contribution >= 0.6 is 0 Å². The zero-order valence-corrected chi connectivity index (χ0v) is 15.4. The number of morpholine rings is 1. The van der Waals surface area contributed by atoms with Crippen LogP contribution in [0.5, 0.6) is 11.5 Å². The molecule has 2 aromatic rings. The number of hydrogen-bond donors (Lipinski definition) is 1. The Balaban J connectivity index is 1.84. The number of carbonyl (C=O) groups excluding carboxylic acids is 1. The topological polar surface area (TPSA) is 98.9 Å². The minimum absolute atomic E-state index is 0.0229. The molecule has 0 bridgehead atoms. The van der Waals surface area contributed by atoms with Gasteiger partial charge in [-0.05, 0) is 17.7 Å². The zero-order chi connectivity index (χ0) is 19.2. The van der Waals surface area contributed by atoms with Gasteiger partial charge in [0.25, 0.3) is 0 Å². The van der Waals surface area contributed by atoms with Gasteiger partial charge in [0, 0.05) is 19.5 Å². The number of nitrogens with zero attached hydrogens (tertiary/aromatic N) is 4. The molecule has 1 aromatic carbocycles. The summed E-state index contributed by atoms with van der Waals surface area (Å²) in [6.45, 7) is 1.14. The number of rotatable bonds is 7. The third kappa shape index (κ3) is 4.20. The van der Waals surface area contributed by atoms with Crippen molar-refractivity contribution in [2.24, 2.45) is 0 Å². The second-order valence-electron chi connectivity index (χ2n) is 6.19. The molecule has 2 heterocycles. The lowest BCUT2D eigenvalue weighted by molar-refractivity contribution is -0.150. The van der Waals surface area contributed by atoms with E-state index in [2.05, 4.69) is 10.2 Å². The summed E-state index contributed by atoms with van der Waals surface area (Å²) >= 11 is 0. The third-order valence-electron chi connectivity index (χ3n) is 4.65. The monoisotopic (exact) mass is 376 g/mol. The fraction of sp³-hybridized carbons (Fsp3) is 0.500. The van der Waals surface area contributed by atoms with Gasteiger partial charge in [0.15, 0.2) is 11.5 Å². The molecule has 1 saturated heterocycles. The average molecular weight is 376 g/mol. The van der Waals surface area contributed by atoms with E-state index >= 15 is 0 Å². The fourth-order valence-corrected chi connectivity index (χ4v) is 3.30. The number of aryl methyl sites for hydroxylation is 1. The molecule has 146 valence electrons. The van der Waals surface area contributed by atoms with E-state index in [4.69, 9.17) is 14.2 Å². The predicted molar refractivity (Wildman–Crippen MR) is 95.5 cm³/mol. The van der Waals surface area contributed by atoms with Crippen LogP contribution in [0.2, 0.25) is 0 Å². The number of methoxy groups -OCH3 is 2. The van der Waals surface area contributed by atoms with Crippen molar-refractivity contribution in [3.63, 3.8) is 0 Å². The van der Waals surface area contributed by atoms with E-state index in [1.807, 2.05) is 12.1 Å². The number of aliphatic hydroxyl groups is 1. The van der Waals surface area contributed by atoms with Crippen molar-refractivity contribution >= 4 is 5.91 Å². The maximum atomic E-state index is 12.9. The molecule has 3 rings (SSSR count). The molecule has 9 heteroatoms. The highest BCUT2D eigenvalue weighted by molar-refractivity contribution is 5.77. The Morgan fingerprint density at radius 2 is 2.00 bits per heavy atom. The van der Waals surface area contributed by atoms with E-state index in [-0.39, 0.29) is 12.5 Å². The van der Waals surface area contributed by atoms with Gasteiger partial charge in [-0.2, -0.15) is 0 Å². The lowest BCUT2D eigenvalue weighted by Crippen LogP contribution is -2.49. The Labute approximate surface area is 157 Å². The summed E-state index contributed by atoms with van der Waals surface area (Å²) in [5.74, 6) is 1.14. The van der Waals surface area contributed by atoms with Gasteiger partial charge in [0.1, 0.15) is 18.8 Å². The Morgan fingerprint density at radius 3 is 2.67 bits per heavy atom. The van der Waals surface area contributed by atoms with E-state index in [1.54, 1.807) is 42.4 Å². The molecular weight excluding hydrogens is 352 g/mol. The lowest BCUT2D eigenvalue weighted by atomic mass is 9.97. The average Bonchev–Trinajstić information content (AvgIpc) is 3.24. The highest BCUT2D eigenvalue weighted by Crippen LogP contribution is 2.35. The van der Waals surface area contributed by atoms with Crippen molar-refractivity contribution < 1.29 is 24.1 Å². The highest BCUT2D eigenvalue weighted by Gasteiger charge is 2.36. The molecule has 0 spiro atoms. The molecule has 0 radical (unpaired) electrons. The van der Waals surface area contributed by atoms with Crippen molar-refractivity contribution in [1.29, 1.82) is 0 Å². The quantitative estimate of drug-likeness (QED) is 0.757. The Kier molecular flexibility index (Phi) is 6.25. The van der Waals surface area contributed by atoms with Crippen molar-refractivity contribution in [3.05, 3.63) is 36.4 Å². The maximum Gasteiger partial charge on any atom is 0.225 e. The van der Waals surface area contributed by atoms with Gasteiger partial charge < -0.3 is 28.8 Å². The molecule has 1 aliphatic heterocycles. The zero-order valence-electron chi connectivity index (χ0n) is 15.4. The molecule has 1 N–H and O–H groups in total. The second kappa shape index (κ2) is 8.83. The first-order valence-corrected chi connectivity index (χ1v) is 8.74. The van der Waals surface area contributed by atoms with Crippen LogP contribution < -0.4 is 9.47 Å². The van der Waals surface area contributed by atoms with Crippen LogP contribution in [0.3, 0.4) is 0 Å². The molecule has 27 heavy (non-hydrogen) atoms. The number of hydrogen-bond acceptors (Lipinski definition) is 7. The van der Waals surface area contributed by atoms with Gasteiger partial charge in [-0.3, -0.25) is 4.79 Å². The van der Waals surface area contributed by atoms with E-state index in [1.165, 1.54) is 0 Å². The van der Waals surface area contributed by atoms with Crippen molar-refractivity contribution in [3.8, 4) is 11.5 Å². The highest BCUT2D eigenvalue weighted by atomic mass is 16.5. The van der Waals surface area contributed by atoms with E-state index in [0.29, 0.717) is 37.6 Å². The first-order chi connectivity index (χ1) is 13.2. The van der Waals surface area contributed by atoms with Gasteiger partial charge >= 0.3 is 0 Å². The standard InChI is InChI=1S/C18H24N4O5/c1-25-14-4-3-13(9-15(14)26-2)18-16(10-23)27-8-7-22(18)17(24)5-6-21-11-19-20-12-21/h3-4,9,11-12,16,18,23H,5-8,10H2,1-2H3/t16-,18-/m0/s1. The summed E-state index contributed by atoms with van der Waals surface area (Å²) in [6.07, 6.45) is 2.96. The van der Waals surface area contributed by atoms with Crippen LogP contribution in [-0.2, 0) is 16.1 Å². The number of benzene rings is 1. The molecule has 2 atom stereocenters. The molecule has 1 fully saturated rings. The van der Waals surface area contributed by atoms with Gasteiger partial charge in [-0.25, -0.2) is 0 Å². The molecule has 0 saturated carbocycles. The summed E-state index contributed by atoms with van der Waals surface area (Å²) in [7, 11) is 3.13. The lowest BCUT2D eigenvalue weighted by Gasteiger charge is -2.41. The van der Waals surface area contributed by atoms with Crippen LogP contribution in [-0.4, -0.2) is 70.8 Å². The van der Waals surface area contributed by atoms with E-state index in [9.17, 15) is 9.90 Å². The maximum absolute atomic E-state index is 12.9. The minimum atomic E-state index is -0.504. The Morgan fingerprint density at radius 1 is 1.26 bits per heavy atom. The molecule has 1 amide bonds. The van der Waals surface area contributed by atoms with E-state index in [0.717, 1.165) is 5.56 Å². The number of amides is 1. The molecule has 1 aliphatic rings. The van der Waals surface area contributed by atoms with Crippen LogP contribution in [0.4, 0.5) is 0 Å². The summed E-state index contributed by atoms with van der Waals surface area (Å²) in [6, 6.07) is 5.07. The molecule has 0 unspecified atom stereocenters. The van der Waals surface area contributed by atoms with Crippen molar-refractivity contribution in [1.82, 2.24) is 19.7 Å². The summed E-state index contributed by atoms with van der Waals surface area (Å²) in [4.78, 5) is 14.7. The van der Waals surface area contributed by atoms with Crippen LogP contribution in [0, 0.1) is 0 Å². The summed E-state index contributed by atoms with van der Waals surface area (Å²) in [5, 5.41) is 17.3. The molecular formula is C18H24N4O5. The largest absolute Gasteiger partial charge is 0.493 e.